The minimum Gasteiger partial charge on any atom is -0.390 e. The molecule has 0 aliphatic heterocycles. The van der Waals surface area contributed by atoms with Crippen LogP contribution >= 0.6 is 0 Å². The van der Waals surface area contributed by atoms with Crippen LogP contribution in [0.5, 0.6) is 0 Å². The van der Waals surface area contributed by atoms with Crippen molar-refractivity contribution in [3.63, 3.8) is 0 Å². The average Bonchev–Trinajstić information content (AvgIpc) is 2.38. The Hall–Kier alpha value is -0.930. The molecule has 0 radical (unpaired) electrons. The van der Waals surface area contributed by atoms with Gasteiger partial charge in [-0.15, -0.1) is 0 Å². The van der Waals surface area contributed by atoms with E-state index in [0.29, 0.717) is 11.1 Å². The van der Waals surface area contributed by atoms with Gasteiger partial charge in [-0.25, -0.2) is 4.39 Å². The van der Waals surface area contributed by atoms with E-state index in [1.807, 2.05) is 0 Å². The van der Waals surface area contributed by atoms with Crippen molar-refractivity contribution >= 4 is 0 Å². The lowest BCUT2D eigenvalue weighted by atomic mass is 9.81. The Kier molecular flexibility index (Phi) is 4.36. The summed E-state index contributed by atoms with van der Waals surface area (Å²) in [5.74, 6) is -0.145. The zero-order valence-corrected chi connectivity index (χ0v) is 10.8. The first-order chi connectivity index (χ1) is 8.59. The van der Waals surface area contributed by atoms with E-state index in [2.05, 4.69) is 0 Å². The van der Waals surface area contributed by atoms with E-state index in [1.54, 1.807) is 13.0 Å². The van der Waals surface area contributed by atoms with Crippen LogP contribution in [0.25, 0.3) is 0 Å². The largest absolute Gasteiger partial charge is 0.390 e. The van der Waals surface area contributed by atoms with Crippen LogP contribution in [0.3, 0.4) is 0 Å². The van der Waals surface area contributed by atoms with Crippen LogP contribution in [-0.2, 0) is 0 Å². The Morgan fingerprint density at radius 3 is 2.44 bits per heavy atom. The molecule has 2 nitrogen and oxygen atoms in total. The first kappa shape index (κ1) is 13.5. The molecule has 0 amide bonds. The highest BCUT2D eigenvalue weighted by Crippen LogP contribution is 2.33. The Labute approximate surface area is 107 Å². The molecule has 0 spiro atoms. The molecule has 0 aromatic heterocycles. The van der Waals surface area contributed by atoms with Gasteiger partial charge in [0.2, 0.25) is 0 Å². The summed E-state index contributed by atoms with van der Waals surface area (Å²) >= 11 is 0. The zero-order valence-electron chi connectivity index (χ0n) is 10.8. The summed E-state index contributed by atoms with van der Waals surface area (Å²) in [6, 6.07) is 4.30. The number of aliphatic hydroxyl groups excluding tert-OH is 2. The standard InChI is InChI=1S/C15H21FO2/c1-10-9-12(16)7-8-13(10)15(18)14(17)11-5-3-2-4-6-11/h7-9,11,14-15,17-18H,2-6H2,1H3. The number of aliphatic hydroxyl groups is 2. The molecule has 1 aliphatic carbocycles. The third kappa shape index (κ3) is 2.90. The third-order valence-electron chi connectivity index (χ3n) is 4.01. The molecule has 2 unspecified atom stereocenters. The Bertz CT molecular complexity index is 399. The van der Waals surface area contributed by atoms with Crippen LogP contribution in [0.1, 0.15) is 49.3 Å². The fraction of sp³-hybridized carbons (Fsp3) is 0.600. The van der Waals surface area contributed by atoms with Gasteiger partial charge in [-0.3, -0.25) is 0 Å². The number of halogens is 1. The summed E-state index contributed by atoms with van der Waals surface area (Å²) in [7, 11) is 0. The normalized spacial score (nSPS) is 20.7. The van der Waals surface area contributed by atoms with Crippen molar-refractivity contribution in [1.29, 1.82) is 0 Å². The van der Waals surface area contributed by atoms with E-state index in [-0.39, 0.29) is 11.7 Å². The average molecular weight is 252 g/mol. The topological polar surface area (TPSA) is 40.5 Å². The monoisotopic (exact) mass is 252 g/mol. The molecule has 2 atom stereocenters. The van der Waals surface area contributed by atoms with E-state index in [0.717, 1.165) is 25.7 Å². The molecule has 3 heteroatoms. The van der Waals surface area contributed by atoms with Gasteiger partial charge in [0.15, 0.2) is 0 Å². The van der Waals surface area contributed by atoms with Crippen molar-refractivity contribution in [2.75, 3.05) is 0 Å². The number of rotatable bonds is 3. The molecule has 1 aliphatic rings. The second-order valence-electron chi connectivity index (χ2n) is 5.33. The Balaban J connectivity index is 2.11. The predicted octanol–water partition coefficient (Wildman–Crippen LogP) is 3.11. The van der Waals surface area contributed by atoms with Crippen molar-refractivity contribution in [3.05, 3.63) is 35.1 Å². The summed E-state index contributed by atoms with van der Waals surface area (Å²) in [4.78, 5) is 0. The highest BCUT2D eigenvalue weighted by Gasteiger charge is 2.29. The second kappa shape index (κ2) is 5.81. The molecular formula is C15H21FO2. The molecule has 18 heavy (non-hydrogen) atoms. The lowest BCUT2D eigenvalue weighted by Crippen LogP contribution is -2.29. The van der Waals surface area contributed by atoms with Crippen LogP contribution in [-0.4, -0.2) is 16.3 Å². The fourth-order valence-corrected chi connectivity index (χ4v) is 2.89. The van der Waals surface area contributed by atoms with Crippen molar-refractivity contribution in [3.8, 4) is 0 Å². The Morgan fingerprint density at radius 1 is 1.17 bits per heavy atom. The molecule has 1 fully saturated rings. The minimum atomic E-state index is -0.909. The molecule has 1 saturated carbocycles. The lowest BCUT2D eigenvalue weighted by molar-refractivity contribution is -0.0288. The van der Waals surface area contributed by atoms with Crippen LogP contribution in [0, 0.1) is 18.7 Å². The van der Waals surface area contributed by atoms with E-state index in [1.165, 1.54) is 18.6 Å². The van der Waals surface area contributed by atoms with Crippen molar-refractivity contribution < 1.29 is 14.6 Å². The molecule has 1 aromatic carbocycles. The maximum atomic E-state index is 13.0. The maximum absolute atomic E-state index is 13.0. The SMILES string of the molecule is Cc1cc(F)ccc1C(O)C(O)C1CCCCC1. The second-order valence-corrected chi connectivity index (χ2v) is 5.33. The highest BCUT2D eigenvalue weighted by molar-refractivity contribution is 5.29. The molecule has 0 heterocycles. The molecule has 0 saturated heterocycles. The Morgan fingerprint density at radius 2 is 1.83 bits per heavy atom. The first-order valence-electron chi connectivity index (χ1n) is 6.72. The van der Waals surface area contributed by atoms with Gasteiger partial charge in [0.25, 0.3) is 0 Å². The summed E-state index contributed by atoms with van der Waals surface area (Å²) < 4.78 is 13.0. The van der Waals surface area contributed by atoms with Crippen molar-refractivity contribution in [2.24, 2.45) is 5.92 Å². The van der Waals surface area contributed by atoms with E-state index in [9.17, 15) is 14.6 Å². The smallest absolute Gasteiger partial charge is 0.123 e. The van der Waals surface area contributed by atoms with Crippen molar-refractivity contribution in [1.82, 2.24) is 0 Å². The van der Waals surface area contributed by atoms with Crippen molar-refractivity contribution in [2.45, 2.75) is 51.2 Å². The fourth-order valence-electron chi connectivity index (χ4n) is 2.89. The summed E-state index contributed by atoms with van der Waals surface area (Å²) in [6.45, 7) is 1.76. The number of hydrogen-bond acceptors (Lipinski definition) is 2. The van der Waals surface area contributed by atoms with Gasteiger partial charge < -0.3 is 10.2 Å². The van der Waals surface area contributed by atoms with Crippen LogP contribution in [0.4, 0.5) is 4.39 Å². The van der Waals surface area contributed by atoms with Crippen LogP contribution in [0.2, 0.25) is 0 Å². The molecule has 2 rings (SSSR count). The van der Waals surface area contributed by atoms with E-state index < -0.39 is 12.2 Å². The first-order valence-corrected chi connectivity index (χ1v) is 6.72. The molecule has 100 valence electrons. The third-order valence-corrected chi connectivity index (χ3v) is 4.01. The van der Waals surface area contributed by atoms with Gasteiger partial charge in [-0.1, -0.05) is 25.3 Å². The van der Waals surface area contributed by atoms with Gasteiger partial charge in [0.1, 0.15) is 11.9 Å². The van der Waals surface area contributed by atoms with Crippen LogP contribution in [0.15, 0.2) is 18.2 Å². The van der Waals surface area contributed by atoms with Gasteiger partial charge in [0, 0.05) is 0 Å². The lowest BCUT2D eigenvalue weighted by Gasteiger charge is -2.30. The zero-order chi connectivity index (χ0) is 13.1. The van der Waals surface area contributed by atoms with Crippen LogP contribution < -0.4 is 0 Å². The highest BCUT2D eigenvalue weighted by atomic mass is 19.1. The number of benzene rings is 1. The van der Waals surface area contributed by atoms with E-state index in [4.69, 9.17) is 0 Å². The predicted molar refractivity (Wildman–Crippen MR) is 68.7 cm³/mol. The molecule has 1 aromatic rings. The van der Waals surface area contributed by atoms with Gasteiger partial charge >= 0.3 is 0 Å². The number of aryl methyl sites for hydroxylation is 1. The summed E-state index contributed by atoms with van der Waals surface area (Å²) in [5.41, 5.74) is 1.33. The summed E-state index contributed by atoms with van der Waals surface area (Å²) in [6.07, 6.45) is 3.75. The molecule has 0 bridgehead atoms. The van der Waals surface area contributed by atoms with E-state index >= 15 is 0 Å². The van der Waals surface area contributed by atoms with Gasteiger partial charge in [-0.2, -0.15) is 0 Å². The molecule has 2 N–H and O–H groups in total. The number of hydrogen-bond donors (Lipinski definition) is 2. The van der Waals surface area contributed by atoms with Gasteiger partial charge in [0.05, 0.1) is 6.10 Å². The summed E-state index contributed by atoms with van der Waals surface area (Å²) in [5, 5.41) is 20.5. The maximum Gasteiger partial charge on any atom is 0.123 e. The quantitative estimate of drug-likeness (QED) is 0.867. The molecular weight excluding hydrogens is 231 g/mol. The minimum absolute atomic E-state index is 0.165. The van der Waals surface area contributed by atoms with Gasteiger partial charge in [-0.05, 0) is 48.9 Å².